The molecule has 2 heterocycles. The van der Waals surface area contributed by atoms with Gasteiger partial charge >= 0.3 is 5.97 Å². The maximum atomic E-state index is 11.7. The van der Waals surface area contributed by atoms with E-state index in [-0.39, 0.29) is 5.97 Å². The van der Waals surface area contributed by atoms with Gasteiger partial charge in [0.1, 0.15) is 11.3 Å². The summed E-state index contributed by atoms with van der Waals surface area (Å²) in [5.41, 5.74) is 6.65. The zero-order valence-corrected chi connectivity index (χ0v) is 11.3. The highest BCUT2D eigenvalue weighted by molar-refractivity contribution is 7.98. The zero-order valence-electron chi connectivity index (χ0n) is 10.5. The largest absolute Gasteiger partial charge is 0.468 e. The number of anilines is 1. The van der Waals surface area contributed by atoms with Gasteiger partial charge in [0.25, 0.3) is 0 Å². The van der Waals surface area contributed by atoms with E-state index in [1.807, 2.05) is 6.07 Å². The minimum Gasteiger partial charge on any atom is -0.468 e. The quantitative estimate of drug-likeness (QED) is 0.669. The molecule has 0 aliphatic heterocycles. The smallest absolute Gasteiger partial charge is 0.341 e. The van der Waals surface area contributed by atoms with Gasteiger partial charge in [-0.05, 0) is 25.1 Å². The molecule has 2 rings (SSSR count). The highest BCUT2D eigenvalue weighted by Gasteiger charge is 2.15. The number of nitrogen functional groups attached to an aromatic ring is 1. The standard InChI is InChI=1S/C13H14N2O3S/c1-2-17-13(16)10-5-6-18-11(10)8-19-12-4-3-9(14)7-15-12/h3-7H,2,8,14H2,1H3. The Kier molecular flexibility index (Phi) is 4.46. The lowest BCUT2D eigenvalue weighted by Crippen LogP contribution is -2.05. The molecule has 0 aliphatic rings. The van der Waals surface area contributed by atoms with Gasteiger partial charge in [0.15, 0.2) is 0 Å². The van der Waals surface area contributed by atoms with E-state index in [4.69, 9.17) is 14.9 Å². The van der Waals surface area contributed by atoms with Crippen LogP contribution in [0, 0.1) is 0 Å². The second kappa shape index (κ2) is 6.29. The number of hydrogen-bond donors (Lipinski definition) is 1. The van der Waals surface area contributed by atoms with Crippen LogP contribution in [-0.2, 0) is 10.5 Å². The van der Waals surface area contributed by atoms with Crippen molar-refractivity contribution in [2.24, 2.45) is 0 Å². The van der Waals surface area contributed by atoms with Crippen molar-refractivity contribution >= 4 is 23.4 Å². The SMILES string of the molecule is CCOC(=O)c1ccoc1CSc1ccc(N)cn1. The number of nitrogens with zero attached hydrogens (tertiary/aromatic N) is 1. The fourth-order valence-corrected chi connectivity index (χ4v) is 2.25. The van der Waals surface area contributed by atoms with Crippen LogP contribution < -0.4 is 5.73 Å². The summed E-state index contributed by atoms with van der Waals surface area (Å²) < 4.78 is 10.3. The summed E-state index contributed by atoms with van der Waals surface area (Å²) in [5.74, 6) is 0.733. The second-order valence-corrected chi connectivity index (χ2v) is 4.69. The molecular formula is C13H14N2O3S. The van der Waals surface area contributed by atoms with Crippen LogP contribution in [-0.4, -0.2) is 17.6 Å². The number of thioether (sulfide) groups is 1. The van der Waals surface area contributed by atoms with Crippen LogP contribution in [0.5, 0.6) is 0 Å². The minimum absolute atomic E-state index is 0.343. The number of aromatic nitrogens is 1. The summed E-state index contributed by atoms with van der Waals surface area (Å²) in [7, 11) is 0. The van der Waals surface area contributed by atoms with Crippen LogP contribution in [0.2, 0.25) is 0 Å². The van der Waals surface area contributed by atoms with Crippen LogP contribution in [0.25, 0.3) is 0 Å². The Morgan fingerprint density at radius 3 is 3.00 bits per heavy atom. The molecule has 0 radical (unpaired) electrons. The van der Waals surface area contributed by atoms with E-state index in [1.165, 1.54) is 18.0 Å². The average molecular weight is 278 g/mol. The Morgan fingerprint density at radius 2 is 2.32 bits per heavy atom. The number of ether oxygens (including phenoxy) is 1. The van der Waals surface area contributed by atoms with Crippen LogP contribution >= 0.6 is 11.8 Å². The number of carbonyl (C=O) groups is 1. The summed E-state index contributed by atoms with van der Waals surface area (Å²) in [4.78, 5) is 15.8. The number of esters is 1. The Labute approximate surface area is 115 Å². The summed E-state index contributed by atoms with van der Waals surface area (Å²) in [5, 5.41) is 0.820. The number of pyridine rings is 1. The molecule has 0 fully saturated rings. The topological polar surface area (TPSA) is 78.3 Å². The fourth-order valence-electron chi connectivity index (χ4n) is 1.46. The lowest BCUT2D eigenvalue weighted by atomic mass is 10.3. The van der Waals surface area contributed by atoms with Gasteiger partial charge in [-0.25, -0.2) is 9.78 Å². The van der Waals surface area contributed by atoms with E-state index in [0.717, 1.165) is 5.03 Å². The second-order valence-electron chi connectivity index (χ2n) is 3.70. The third-order valence-corrected chi connectivity index (χ3v) is 3.29. The Balaban J connectivity index is 2.02. The van der Waals surface area contributed by atoms with Gasteiger partial charge in [0, 0.05) is 0 Å². The van der Waals surface area contributed by atoms with Gasteiger partial charge < -0.3 is 14.9 Å². The summed E-state index contributed by atoms with van der Waals surface area (Å²) in [6.07, 6.45) is 3.08. The molecule has 0 saturated heterocycles. The van der Waals surface area contributed by atoms with Crippen molar-refractivity contribution in [1.82, 2.24) is 4.98 Å². The molecule has 5 nitrogen and oxygen atoms in total. The molecule has 6 heteroatoms. The molecule has 0 aliphatic carbocycles. The van der Waals surface area contributed by atoms with Crippen molar-refractivity contribution in [2.45, 2.75) is 17.7 Å². The van der Waals surface area contributed by atoms with E-state index >= 15 is 0 Å². The van der Waals surface area contributed by atoms with Crippen molar-refractivity contribution in [3.05, 3.63) is 42.0 Å². The van der Waals surface area contributed by atoms with Crippen LogP contribution in [0.3, 0.4) is 0 Å². The van der Waals surface area contributed by atoms with E-state index in [9.17, 15) is 4.79 Å². The van der Waals surface area contributed by atoms with Crippen molar-refractivity contribution in [3.63, 3.8) is 0 Å². The number of nitrogens with two attached hydrogens (primary N) is 1. The summed E-state index contributed by atoms with van der Waals surface area (Å²) in [6.45, 7) is 2.11. The molecule has 0 amide bonds. The van der Waals surface area contributed by atoms with Crippen molar-refractivity contribution in [2.75, 3.05) is 12.3 Å². The van der Waals surface area contributed by atoms with E-state index < -0.39 is 0 Å². The monoisotopic (exact) mass is 278 g/mol. The summed E-state index contributed by atoms with van der Waals surface area (Å²) in [6, 6.07) is 5.22. The predicted octanol–water partition coefficient (Wildman–Crippen LogP) is 2.73. The number of hydrogen-bond acceptors (Lipinski definition) is 6. The third-order valence-electron chi connectivity index (χ3n) is 2.35. The number of furan rings is 1. The molecule has 0 spiro atoms. The number of carbonyl (C=O) groups excluding carboxylic acids is 1. The van der Waals surface area contributed by atoms with Gasteiger partial charge in [-0.3, -0.25) is 0 Å². The molecular weight excluding hydrogens is 264 g/mol. The van der Waals surface area contributed by atoms with Crippen LogP contribution in [0.1, 0.15) is 23.0 Å². The van der Waals surface area contributed by atoms with Crippen molar-refractivity contribution in [3.8, 4) is 0 Å². The molecule has 2 aromatic heterocycles. The molecule has 2 N–H and O–H groups in total. The predicted molar refractivity (Wildman–Crippen MR) is 72.9 cm³/mol. The van der Waals surface area contributed by atoms with E-state index in [1.54, 1.807) is 25.3 Å². The van der Waals surface area contributed by atoms with Crippen LogP contribution in [0.4, 0.5) is 5.69 Å². The summed E-state index contributed by atoms with van der Waals surface area (Å²) >= 11 is 1.47. The van der Waals surface area contributed by atoms with Crippen LogP contribution in [0.15, 0.2) is 40.1 Å². The molecule has 0 atom stereocenters. The van der Waals surface area contributed by atoms with E-state index in [2.05, 4.69) is 4.98 Å². The maximum Gasteiger partial charge on any atom is 0.341 e. The fraction of sp³-hybridized carbons (Fsp3) is 0.231. The Morgan fingerprint density at radius 1 is 1.47 bits per heavy atom. The lowest BCUT2D eigenvalue weighted by molar-refractivity contribution is 0.0524. The molecule has 0 aromatic carbocycles. The van der Waals surface area contributed by atoms with Gasteiger partial charge in [0.05, 0.1) is 35.5 Å². The molecule has 0 bridgehead atoms. The van der Waals surface area contributed by atoms with Gasteiger partial charge in [-0.1, -0.05) is 11.8 Å². The van der Waals surface area contributed by atoms with Crippen molar-refractivity contribution < 1.29 is 13.9 Å². The third kappa shape index (κ3) is 3.51. The van der Waals surface area contributed by atoms with Gasteiger partial charge in [-0.15, -0.1) is 0 Å². The lowest BCUT2D eigenvalue weighted by Gasteiger charge is -2.03. The highest BCUT2D eigenvalue weighted by Crippen LogP contribution is 2.24. The molecule has 2 aromatic rings. The first-order valence-corrected chi connectivity index (χ1v) is 6.77. The normalized spacial score (nSPS) is 10.4. The first kappa shape index (κ1) is 13.5. The Bertz CT molecular complexity index is 551. The molecule has 0 saturated carbocycles. The maximum absolute atomic E-state index is 11.7. The minimum atomic E-state index is -0.364. The zero-order chi connectivity index (χ0) is 13.7. The first-order chi connectivity index (χ1) is 9.20. The number of rotatable bonds is 5. The molecule has 0 unspecified atom stereocenters. The van der Waals surface area contributed by atoms with Gasteiger partial charge in [-0.2, -0.15) is 0 Å². The molecule has 19 heavy (non-hydrogen) atoms. The first-order valence-electron chi connectivity index (χ1n) is 5.78. The highest BCUT2D eigenvalue weighted by atomic mass is 32.2. The van der Waals surface area contributed by atoms with Crippen molar-refractivity contribution in [1.29, 1.82) is 0 Å². The molecule has 100 valence electrons. The Hall–Kier alpha value is -1.95. The van der Waals surface area contributed by atoms with Gasteiger partial charge in [0.2, 0.25) is 0 Å². The van der Waals surface area contributed by atoms with E-state index in [0.29, 0.717) is 29.4 Å². The average Bonchev–Trinajstić information content (AvgIpc) is 2.87.